The van der Waals surface area contributed by atoms with Crippen LogP contribution in [0.1, 0.15) is 24.6 Å². The number of carboxylic acid groups (broad SMARTS) is 1. The maximum absolute atomic E-state index is 11.6. The summed E-state index contributed by atoms with van der Waals surface area (Å²) >= 11 is 4.92. The van der Waals surface area contributed by atoms with Gasteiger partial charge in [-0.15, -0.1) is 11.3 Å². The Kier molecular flexibility index (Phi) is 6.14. The molecule has 1 rings (SSSR count). The van der Waals surface area contributed by atoms with Gasteiger partial charge in [0.15, 0.2) is 0 Å². The first-order chi connectivity index (χ1) is 8.52. The van der Waals surface area contributed by atoms with Crippen LogP contribution in [0.2, 0.25) is 0 Å². The van der Waals surface area contributed by atoms with E-state index in [1.54, 1.807) is 11.3 Å². The predicted octanol–water partition coefficient (Wildman–Crippen LogP) is 2.56. The zero-order valence-corrected chi connectivity index (χ0v) is 12.3. The van der Waals surface area contributed by atoms with Crippen molar-refractivity contribution in [2.24, 2.45) is 0 Å². The molecule has 3 N–H and O–H groups in total. The van der Waals surface area contributed by atoms with Gasteiger partial charge in [-0.2, -0.15) is 0 Å². The van der Waals surface area contributed by atoms with E-state index in [1.807, 2.05) is 18.4 Å². The molecule has 0 saturated carbocycles. The van der Waals surface area contributed by atoms with Gasteiger partial charge >= 0.3 is 12.0 Å². The number of halogens is 1. The van der Waals surface area contributed by atoms with Crippen LogP contribution < -0.4 is 10.6 Å². The van der Waals surface area contributed by atoms with Crippen LogP contribution in [0.3, 0.4) is 0 Å². The lowest BCUT2D eigenvalue weighted by Gasteiger charge is -2.15. The van der Waals surface area contributed by atoms with Crippen molar-refractivity contribution >= 4 is 39.3 Å². The highest BCUT2D eigenvalue weighted by Gasteiger charge is 2.13. The molecule has 0 aromatic carbocycles. The van der Waals surface area contributed by atoms with Crippen molar-refractivity contribution in [1.29, 1.82) is 0 Å². The maximum Gasteiger partial charge on any atom is 0.315 e. The summed E-state index contributed by atoms with van der Waals surface area (Å²) in [5.41, 5.74) is 0. The van der Waals surface area contributed by atoms with Crippen LogP contribution in [-0.4, -0.2) is 23.1 Å². The van der Waals surface area contributed by atoms with Gasteiger partial charge < -0.3 is 15.7 Å². The highest BCUT2D eigenvalue weighted by molar-refractivity contribution is 9.10. The Labute approximate surface area is 118 Å². The van der Waals surface area contributed by atoms with Crippen molar-refractivity contribution in [2.45, 2.75) is 32.4 Å². The lowest BCUT2D eigenvalue weighted by molar-refractivity contribution is -0.137. The Balaban J connectivity index is 2.37. The second-order valence-electron chi connectivity index (χ2n) is 3.72. The molecule has 0 radical (unpaired) electrons. The number of nitrogens with one attached hydrogen (secondary N) is 2. The fourth-order valence-electron chi connectivity index (χ4n) is 1.36. The molecule has 0 saturated heterocycles. The van der Waals surface area contributed by atoms with E-state index in [9.17, 15) is 9.59 Å². The van der Waals surface area contributed by atoms with Gasteiger partial charge in [-0.1, -0.05) is 6.92 Å². The first kappa shape index (κ1) is 15.0. The zero-order valence-electron chi connectivity index (χ0n) is 9.90. The second-order valence-corrected chi connectivity index (χ2v) is 5.58. The van der Waals surface area contributed by atoms with Crippen LogP contribution in [0.4, 0.5) is 4.79 Å². The Bertz CT molecular complexity index is 422. The third-order valence-electron chi connectivity index (χ3n) is 2.35. The maximum atomic E-state index is 11.6. The summed E-state index contributed by atoms with van der Waals surface area (Å²) in [4.78, 5) is 23.2. The van der Waals surface area contributed by atoms with Crippen LogP contribution in [0.25, 0.3) is 0 Å². The normalized spacial score (nSPS) is 11.9. The molecule has 0 bridgehead atoms. The molecule has 1 aromatic heterocycles. The van der Waals surface area contributed by atoms with Crippen LogP contribution in [0.15, 0.2) is 15.9 Å². The fourth-order valence-corrected chi connectivity index (χ4v) is 2.79. The van der Waals surface area contributed by atoms with Crippen LogP contribution >= 0.6 is 27.3 Å². The molecule has 18 heavy (non-hydrogen) atoms. The summed E-state index contributed by atoms with van der Waals surface area (Å²) < 4.78 is 0.963. The smallest absolute Gasteiger partial charge is 0.315 e. The minimum absolute atomic E-state index is 0.0629. The fraction of sp³-hybridized carbons (Fsp3) is 0.455. The van der Waals surface area contributed by atoms with E-state index in [2.05, 4.69) is 26.6 Å². The number of urea groups is 1. The monoisotopic (exact) mass is 334 g/mol. The van der Waals surface area contributed by atoms with Crippen LogP contribution in [0.5, 0.6) is 0 Å². The van der Waals surface area contributed by atoms with Gasteiger partial charge in [-0.25, -0.2) is 4.79 Å². The number of hydrogen-bond acceptors (Lipinski definition) is 3. The molecule has 1 unspecified atom stereocenters. The minimum atomic E-state index is -0.914. The number of amides is 2. The number of hydrogen-bond donors (Lipinski definition) is 3. The molecule has 0 spiro atoms. The summed E-state index contributed by atoms with van der Waals surface area (Å²) in [5, 5.41) is 15.9. The number of carbonyl (C=O) groups is 2. The highest BCUT2D eigenvalue weighted by Crippen LogP contribution is 2.21. The summed E-state index contributed by atoms with van der Waals surface area (Å²) in [7, 11) is 0. The molecular formula is C11H15BrN2O3S. The van der Waals surface area contributed by atoms with E-state index >= 15 is 0 Å². The van der Waals surface area contributed by atoms with E-state index in [0.29, 0.717) is 13.0 Å². The van der Waals surface area contributed by atoms with Gasteiger partial charge in [0.2, 0.25) is 0 Å². The molecule has 0 aliphatic heterocycles. The first-order valence-corrected chi connectivity index (χ1v) is 7.18. The lowest BCUT2D eigenvalue weighted by atomic mass is 10.1. The number of aliphatic carboxylic acids is 1. The van der Waals surface area contributed by atoms with Gasteiger partial charge in [0, 0.05) is 15.4 Å². The Morgan fingerprint density at radius 2 is 2.28 bits per heavy atom. The zero-order chi connectivity index (χ0) is 13.5. The quantitative estimate of drug-likeness (QED) is 0.748. The molecule has 0 aliphatic carbocycles. The van der Waals surface area contributed by atoms with Gasteiger partial charge in [-0.05, 0) is 33.8 Å². The number of carboxylic acids is 1. The Morgan fingerprint density at radius 1 is 1.56 bits per heavy atom. The van der Waals surface area contributed by atoms with Crippen molar-refractivity contribution in [3.63, 3.8) is 0 Å². The number of thiophene rings is 1. The Hall–Kier alpha value is -1.08. The van der Waals surface area contributed by atoms with Crippen LogP contribution in [-0.2, 0) is 11.3 Å². The van der Waals surface area contributed by atoms with Crippen molar-refractivity contribution in [3.8, 4) is 0 Å². The number of rotatable bonds is 6. The average molecular weight is 335 g/mol. The standard InChI is InChI=1S/C11H15BrN2O3S/c1-2-7(5-10(15)16)14-11(17)13-6-9-8(12)3-4-18-9/h3-4,7H,2,5-6H2,1H3,(H,15,16)(H2,13,14,17). The summed E-state index contributed by atoms with van der Waals surface area (Å²) in [5.74, 6) is -0.914. The molecule has 2 amide bonds. The van der Waals surface area contributed by atoms with Gasteiger partial charge in [-0.3, -0.25) is 4.79 Å². The van der Waals surface area contributed by atoms with Crippen LogP contribution in [0, 0.1) is 0 Å². The first-order valence-electron chi connectivity index (χ1n) is 5.51. The molecule has 5 nitrogen and oxygen atoms in total. The van der Waals surface area contributed by atoms with Gasteiger partial charge in [0.25, 0.3) is 0 Å². The molecular weight excluding hydrogens is 320 g/mol. The molecule has 1 atom stereocenters. The Morgan fingerprint density at radius 3 is 2.78 bits per heavy atom. The molecule has 100 valence electrons. The average Bonchev–Trinajstić information content (AvgIpc) is 2.70. The van der Waals surface area contributed by atoms with E-state index in [-0.39, 0.29) is 18.5 Å². The van der Waals surface area contributed by atoms with Crippen molar-refractivity contribution < 1.29 is 14.7 Å². The largest absolute Gasteiger partial charge is 0.481 e. The third-order valence-corrected chi connectivity index (χ3v) is 4.28. The van der Waals surface area contributed by atoms with Crippen molar-refractivity contribution in [2.75, 3.05) is 0 Å². The predicted molar refractivity (Wildman–Crippen MR) is 73.7 cm³/mol. The molecule has 1 heterocycles. The second kappa shape index (κ2) is 7.38. The van der Waals surface area contributed by atoms with E-state index in [4.69, 9.17) is 5.11 Å². The van der Waals surface area contributed by atoms with Gasteiger partial charge in [0.1, 0.15) is 0 Å². The lowest BCUT2D eigenvalue weighted by Crippen LogP contribution is -2.42. The summed E-state index contributed by atoms with van der Waals surface area (Å²) in [6, 6.07) is 1.23. The topological polar surface area (TPSA) is 78.4 Å². The highest BCUT2D eigenvalue weighted by atomic mass is 79.9. The summed E-state index contributed by atoms with van der Waals surface area (Å²) in [6.07, 6.45) is 0.523. The third kappa shape index (κ3) is 5.05. The number of carbonyl (C=O) groups excluding carboxylic acids is 1. The molecule has 0 fully saturated rings. The van der Waals surface area contributed by atoms with Crippen molar-refractivity contribution in [3.05, 3.63) is 20.8 Å². The molecule has 1 aromatic rings. The van der Waals surface area contributed by atoms with E-state index in [0.717, 1.165) is 9.35 Å². The van der Waals surface area contributed by atoms with E-state index in [1.165, 1.54) is 0 Å². The van der Waals surface area contributed by atoms with Crippen molar-refractivity contribution in [1.82, 2.24) is 10.6 Å². The van der Waals surface area contributed by atoms with Gasteiger partial charge in [0.05, 0.1) is 13.0 Å². The molecule has 7 heteroatoms. The SMILES string of the molecule is CCC(CC(=O)O)NC(=O)NCc1sccc1Br. The van der Waals surface area contributed by atoms with E-state index < -0.39 is 5.97 Å². The minimum Gasteiger partial charge on any atom is -0.481 e. The summed E-state index contributed by atoms with van der Waals surface area (Å²) in [6.45, 7) is 2.26. The molecule has 0 aliphatic rings.